The van der Waals surface area contributed by atoms with Crippen molar-refractivity contribution in [3.63, 3.8) is 0 Å². The van der Waals surface area contributed by atoms with E-state index in [9.17, 15) is 0 Å². The lowest BCUT2D eigenvalue weighted by atomic mass is 10.6. The molecule has 0 fully saturated rings. The van der Waals surface area contributed by atoms with Crippen molar-refractivity contribution < 1.29 is 20.4 Å². The van der Waals surface area contributed by atoms with Crippen LogP contribution in [0.1, 0.15) is 20.3 Å². The molecule has 0 heterocycles. The Morgan fingerprint density at radius 2 is 0.917 bits per heavy atom. The van der Waals surface area contributed by atoms with Crippen LogP contribution in [0.25, 0.3) is 0 Å². The number of rotatable bonds is 4. The van der Waals surface area contributed by atoms with Crippen LogP contribution in [-0.4, -0.2) is 45.8 Å². The van der Waals surface area contributed by atoms with Crippen LogP contribution in [0, 0.1) is 0 Å². The minimum atomic E-state index is -2.20. The van der Waals surface area contributed by atoms with Gasteiger partial charge < -0.3 is 20.4 Å². The van der Waals surface area contributed by atoms with Gasteiger partial charge in [-0.1, -0.05) is 20.3 Å². The maximum atomic E-state index is 8.55. The lowest BCUT2D eigenvalue weighted by Gasteiger charge is -2.15. The maximum absolute atomic E-state index is 8.55. The van der Waals surface area contributed by atoms with Crippen LogP contribution >= 0.6 is 7.26 Å². The molecule has 0 spiro atoms. The Hall–Kier alpha value is 0.270. The minimum Gasteiger partial charge on any atom is -0.361 e. The van der Waals surface area contributed by atoms with Gasteiger partial charge in [-0.05, 0) is 0 Å². The first kappa shape index (κ1) is 14.8. The van der Waals surface area contributed by atoms with Crippen LogP contribution in [0.15, 0.2) is 0 Å². The molecule has 12 heavy (non-hydrogen) atoms. The zero-order valence-corrected chi connectivity index (χ0v) is 8.67. The van der Waals surface area contributed by atoms with Crippen molar-refractivity contribution in [3.05, 3.63) is 0 Å². The molecule has 0 atom stereocenters. The maximum Gasteiger partial charge on any atom is 0.161 e. The van der Waals surface area contributed by atoms with Gasteiger partial charge >= 0.3 is 0 Å². The lowest BCUT2D eigenvalue weighted by molar-refractivity contribution is 0.288. The van der Waals surface area contributed by atoms with E-state index in [-0.39, 0.29) is 25.4 Å². The summed E-state index contributed by atoms with van der Waals surface area (Å²) >= 11 is 0. The molecule has 0 aromatic carbocycles. The first-order valence-electron chi connectivity index (χ1n) is 3.94. The molecule has 4 nitrogen and oxygen atoms in total. The molecule has 0 rings (SSSR count). The lowest BCUT2D eigenvalue weighted by Crippen LogP contribution is -2.10. The normalized spacial score (nSPS) is 10.5. The first-order chi connectivity index (χ1) is 5.66. The fraction of sp³-hybridized carbons (Fsp3) is 1.00. The van der Waals surface area contributed by atoms with E-state index in [4.69, 9.17) is 20.4 Å². The van der Waals surface area contributed by atoms with Gasteiger partial charge in [-0.3, -0.25) is 0 Å². The molecule has 0 saturated carbocycles. The van der Waals surface area contributed by atoms with Gasteiger partial charge in [0, 0.05) is 0 Å². The predicted molar refractivity (Wildman–Crippen MR) is 51.2 cm³/mol. The Morgan fingerprint density at radius 3 is 0.917 bits per heavy atom. The zero-order valence-electron chi connectivity index (χ0n) is 7.77. The number of aliphatic hydroxyl groups is 4. The Labute approximate surface area is 74.2 Å². The van der Waals surface area contributed by atoms with Crippen LogP contribution in [0.4, 0.5) is 0 Å². The summed E-state index contributed by atoms with van der Waals surface area (Å²) in [7, 11) is -2.20. The molecule has 5 heteroatoms. The quantitative estimate of drug-likeness (QED) is 0.488. The summed E-state index contributed by atoms with van der Waals surface area (Å²) in [5, 5.41) is 34.2. The van der Waals surface area contributed by atoms with E-state index in [1.165, 1.54) is 6.42 Å². The molecule has 0 aliphatic carbocycles. The third-order valence-corrected chi connectivity index (χ3v) is 3.60. The molecule has 0 aliphatic rings. The van der Waals surface area contributed by atoms with Gasteiger partial charge in [0.25, 0.3) is 0 Å². The fourth-order valence-corrected chi connectivity index (χ4v) is 0.805. The largest absolute Gasteiger partial charge is 0.361 e. The van der Waals surface area contributed by atoms with Crippen molar-refractivity contribution in [2.24, 2.45) is 0 Å². The van der Waals surface area contributed by atoms with E-state index in [0.717, 1.165) is 0 Å². The van der Waals surface area contributed by atoms with Crippen LogP contribution in [0.5, 0.6) is 0 Å². The number of hydrogen-bond acceptors (Lipinski definition) is 4. The van der Waals surface area contributed by atoms with Crippen molar-refractivity contribution in [2.45, 2.75) is 20.3 Å². The van der Waals surface area contributed by atoms with E-state index in [1.807, 2.05) is 0 Å². The van der Waals surface area contributed by atoms with E-state index in [1.54, 1.807) is 0 Å². The summed E-state index contributed by atoms with van der Waals surface area (Å²) in [5.74, 6) is 0. The zero-order chi connectivity index (χ0) is 10.0. The van der Waals surface area contributed by atoms with E-state index in [2.05, 4.69) is 13.8 Å². The molecule has 0 saturated heterocycles. The van der Waals surface area contributed by atoms with Gasteiger partial charge in [0.1, 0.15) is 7.26 Å². The minimum absolute atomic E-state index is 0.295. The monoisotopic (exact) mass is 199 g/mol. The summed E-state index contributed by atoms with van der Waals surface area (Å²) in [6.07, 6.45) is 0.0694. The topological polar surface area (TPSA) is 80.9 Å². The molecule has 0 bridgehead atoms. The number of hydrogen-bond donors (Lipinski definition) is 4. The van der Waals surface area contributed by atoms with Crippen molar-refractivity contribution >= 4 is 7.26 Å². The van der Waals surface area contributed by atoms with Gasteiger partial charge in [0.2, 0.25) is 0 Å². The Kier molecular flexibility index (Phi) is 11.5. The van der Waals surface area contributed by atoms with Gasteiger partial charge in [0.05, 0.1) is 0 Å². The average Bonchev–Trinajstić information content (AvgIpc) is 2.11. The molecule has 0 aromatic rings. The first-order valence-corrected chi connectivity index (χ1v) is 6.47. The SMILES string of the molecule is CCC.OC[P+](CO)(CO)CO. The Balaban J connectivity index is 0. The van der Waals surface area contributed by atoms with Crippen LogP contribution in [-0.2, 0) is 0 Å². The van der Waals surface area contributed by atoms with E-state index in [0.29, 0.717) is 0 Å². The molecule has 0 radical (unpaired) electrons. The molecule has 4 N–H and O–H groups in total. The van der Waals surface area contributed by atoms with Crippen molar-refractivity contribution in [2.75, 3.05) is 25.4 Å². The van der Waals surface area contributed by atoms with Crippen LogP contribution in [0.2, 0.25) is 0 Å². The summed E-state index contributed by atoms with van der Waals surface area (Å²) < 4.78 is 0. The predicted octanol–water partition coefficient (Wildman–Crippen LogP) is 0.219. The summed E-state index contributed by atoms with van der Waals surface area (Å²) in [4.78, 5) is 0. The second-order valence-corrected chi connectivity index (χ2v) is 6.43. The Bertz CT molecular complexity index is 68.0. The summed E-state index contributed by atoms with van der Waals surface area (Å²) in [6, 6.07) is 0. The average molecular weight is 199 g/mol. The van der Waals surface area contributed by atoms with Crippen LogP contribution in [0.3, 0.4) is 0 Å². The molecular weight excluding hydrogens is 179 g/mol. The third kappa shape index (κ3) is 5.86. The molecule has 0 unspecified atom stereocenters. The van der Waals surface area contributed by atoms with Crippen LogP contribution < -0.4 is 0 Å². The second-order valence-electron chi connectivity index (χ2n) is 2.61. The fourth-order valence-electron chi connectivity index (χ4n) is 0.268. The molecule has 0 aliphatic heterocycles. The second kappa shape index (κ2) is 9.36. The Morgan fingerprint density at radius 1 is 0.750 bits per heavy atom. The number of aliphatic hydroxyl groups excluding tert-OH is 4. The van der Waals surface area contributed by atoms with Crippen molar-refractivity contribution in [1.82, 2.24) is 0 Å². The highest BCUT2D eigenvalue weighted by molar-refractivity contribution is 7.75. The molecular formula is C7H20O4P+. The third-order valence-electron chi connectivity index (χ3n) is 1.20. The highest BCUT2D eigenvalue weighted by Gasteiger charge is 2.34. The summed E-state index contributed by atoms with van der Waals surface area (Å²) in [5.41, 5.74) is 0. The van der Waals surface area contributed by atoms with Gasteiger partial charge in [-0.25, -0.2) is 0 Å². The van der Waals surface area contributed by atoms with Gasteiger partial charge in [-0.15, -0.1) is 0 Å². The summed E-state index contributed by atoms with van der Waals surface area (Å²) in [6.45, 7) is 4.25. The molecule has 0 aromatic heterocycles. The van der Waals surface area contributed by atoms with E-state index >= 15 is 0 Å². The highest BCUT2D eigenvalue weighted by Crippen LogP contribution is 2.54. The molecule has 0 amide bonds. The molecule has 76 valence electrons. The highest BCUT2D eigenvalue weighted by atomic mass is 31.2. The van der Waals surface area contributed by atoms with Gasteiger partial charge in [0.15, 0.2) is 25.4 Å². The van der Waals surface area contributed by atoms with Crippen molar-refractivity contribution in [3.8, 4) is 0 Å². The van der Waals surface area contributed by atoms with Gasteiger partial charge in [-0.2, -0.15) is 0 Å². The smallest absolute Gasteiger partial charge is 0.161 e. The van der Waals surface area contributed by atoms with Crippen molar-refractivity contribution in [1.29, 1.82) is 0 Å². The standard InChI is InChI=1S/C4H12O4P.C3H8/c5-1-9(2-6,3-7)4-8;1-3-2/h5-8H,1-4H2;3H2,1-2H3/q+1;. The van der Waals surface area contributed by atoms with E-state index < -0.39 is 7.26 Å².